The van der Waals surface area contributed by atoms with E-state index < -0.39 is 0 Å². The Kier molecular flexibility index (Phi) is 2.22. The highest BCUT2D eigenvalue weighted by atomic mass is 14.9. The van der Waals surface area contributed by atoms with Crippen LogP contribution < -0.4 is 5.32 Å². The van der Waals surface area contributed by atoms with Crippen LogP contribution in [-0.4, -0.2) is 13.1 Å². The molecular formula is C11H19N. The summed E-state index contributed by atoms with van der Waals surface area (Å²) in [5, 5.41) is 3.50. The van der Waals surface area contributed by atoms with Crippen molar-refractivity contribution in [2.24, 2.45) is 11.8 Å². The average molecular weight is 165 g/mol. The molecule has 1 saturated heterocycles. The van der Waals surface area contributed by atoms with Gasteiger partial charge in [0.25, 0.3) is 0 Å². The van der Waals surface area contributed by atoms with E-state index in [4.69, 9.17) is 0 Å². The second kappa shape index (κ2) is 3.21. The summed E-state index contributed by atoms with van der Waals surface area (Å²) in [5.74, 6) is 1.96. The lowest BCUT2D eigenvalue weighted by Crippen LogP contribution is -2.19. The number of hydrogen-bond acceptors (Lipinski definition) is 1. The highest BCUT2D eigenvalue weighted by molar-refractivity contribution is 5.14. The summed E-state index contributed by atoms with van der Waals surface area (Å²) < 4.78 is 0. The monoisotopic (exact) mass is 165 g/mol. The Labute approximate surface area is 75.2 Å². The molecule has 0 aromatic heterocycles. The molecule has 0 amide bonds. The van der Waals surface area contributed by atoms with Gasteiger partial charge in [-0.3, -0.25) is 0 Å². The molecule has 0 bridgehead atoms. The third-order valence-corrected chi connectivity index (χ3v) is 3.51. The van der Waals surface area contributed by atoms with Crippen LogP contribution in [0.25, 0.3) is 0 Å². The van der Waals surface area contributed by atoms with Gasteiger partial charge in [-0.15, -0.1) is 0 Å². The zero-order chi connectivity index (χ0) is 8.55. The van der Waals surface area contributed by atoms with Gasteiger partial charge in [-0.1, -0.05) is 11.1 Å². The molecule has 1 saturated carbocycles. The van der Waals surface area contributed by atoms with Crippen molar-refractivity contribution in [1.29, 1.82) is 0 Å². The Morgan fingerprint density at radius 1 is 1.25 bits per heavy atom. The number of hydrogen-bond donors (Lipinski definition) is 1. The van der Waals surface area contributed by atoms with Gasteiger partial charge < -0.3 is 5.32 Å². The lowest BCUT2D eigenvalue weighted by molar-refractivity contribution is 0.347. The second-order valence-electron chi connectivity index (χ2n) is 4.52. The molecule has 2 fully saturated rings. The SMILES string of the molecule is CC(C)=C1CCC2CNCC2C1. The Hall–Kier alpha value is -0.300. The third-order valence-electron chi connectivity index (χ3n) is 3.51. The fraction of sp³-hybridized carbons (Fsp3) is 0.818. The maximum atomic E-state index is 3.50. The van der Waals surface area contributed by atoms with Crippen molar-refractivity contribution in [2.75, 3.05) is 13.1 Å². The quantitative estimate of drug-likeness (QED) is 0.543. The molecule has 2 rings (SSSR count). The van der Waals surface area contributed by atoms with Crippen molar-refractivity contribution in [2.45, 2.75) is 33.1 Å². The first-order valence-corrected chi connectivity index (χ1v) is 5.13. The lowest BCUT2D eigenvalue weighted by Gasteiger charge is -2.27. The molecule has 2 unspecified atom stereocenters. The number of rotatable bonds is 0. The average Bonchev–Trinajstić information content (AvgIpc) is 2.49. The largest absolute Gasteiger partial charge is 0.316 e. The van der Waals surface area contributed by atoms with E-state index in [1.165, 1.54) is 32.4 Å². The van der Waals surface area contributed by atoms with Gasteiger partial charge >= 0.3 is 0 Å². The summed E-state index contributed by atoms with van der Waals surface area (Å²) >= 11 is 0. The zero-order valence-corrected chi connectivity index (χ0v) is 8.19. The van der Waals surface area contributed by atoms with Crippen LogP contribution in [0.4, 0.5) is 0 Å². The van der Waals surface area contributed by atoms with E-state index in [2.05, 4.69) is 19.2 Å². The Morgan fingerprint density at radius 3 is 2.75 bits per heavy atom. The molecule has 1 heterocycles. The normalized spacial score (nSPS) is 35.0. The van der Waals surface area contributed by atoms with E-state index in [9.17, 15) is 0 Å². The molecular weight excluding hydrogens is 146 g/mol. The Morgan fingerprint density at radius 2 is 2.00 bits per heavy atom. The van der Waals surface area contributed by atoms with Crippen LogP contribution in [0.3, 0.4) is 0 Å². The fourth-order valence-electron chi connectivity index (χ4n) is 2.60. The van der Waals surface area contributed by atoms with E-state index in [1.54, 1.807) is 11.1 Å². The first kappa shape index (κ1) is 8.31. The first-order chi connectivity index (χ1) is 5.77. The molecule has 0 radical (unpaired) electrons. The first-order valence-electron chi connectivity index (χ1n) is 5.13. The molecule has 0 aromatic rings. The molecule has 1 N–H and O–H groups in total. The van der Waals surface area contributed by atoms with E-state index in [0.717, 1.165) is 11.8 Å². The van der Waals surface area contributed by atoms with Gasteiger partial charge in [0.2, 0.25) is 0 Å². The van der Waals surface area contributed by atoms with Crippen LogP contribution in [-0.2, 0) is 0 Å². The summed E-state index contributed by atoms with van der Waals surface area (Å²) in [6, 6.07) is 0. The van der Waals surface area contributed by atoms with E-state index in [-0.39, 0.29) is 0 Å². The minimum Gasteiger partial charge on any atom is -0.316 e. The van der Waals surface area contributed by atoms with Crippen molar-refractivity contribution < 1.29 is 0 Å². The topological polar surface area (TPSA) is 12.0 Å². The Balaban J connectivity index is 2.06. The number of allylic oxidation sites excluding steroid dienone is 2. The molecule has 68 valence electrons. The third kappa shape index (κ3) is 1.42. The minimum absolute atomic E-state index is 0.962. The molecule has 0 spiro atoms. The minimum atomic E-state index is 0.962. The maximum absolute atomic E-state index is 3.50. The van der Waals surface area contributed by atoms with E-state index >= 15 is 0 Å². The van der Waals surface area contributed by atoms with Crippen molar-refractivity contribution in [3.63, 3.8) is 0 Å². The van der Waals surface area contributed by atoms with Crippen LogP contribution in [0.2, 0.25) is 0 Å². The number of fused-ring (bicyclic) bond motifs is 1. The van der Waals surface area contributed by atoms with Crippen molar-refractivity contribution in [3.05, 3.63) is 11.1 Å². The molecule has 2 atom stereocenters. The maximum Gasteiger partial charge on any atom is -0.00142 e. The highest BCUT2D eigenvalue weighted by Crippen LogP contribution is 2.36. The van der Waals surface area contributed by atoms with E-state index in [0.29, 0.717) is 0 Å². The summed E-state index contributed by atoms with van der Waals surface area (Å²) in [6.45, 7) is 7.07. The van der Waals surface area contributed by atoms with Crippen LogP contribution in [0, 0.1) is 11.8 Å². The van der Waals surface area contributed by atoms with Crippen LogP contribution in [0.1, 0.15) is 33.1 Å². The molecule has 1 aliphatic carbocycles. The van der Waals surface area contributed by atoms with Gasteiger partial charge in [0.1, 0.15) is 0 Å². The summed E-state index contributed by atoms with van der Waals surface area (Å²) in [5.41, 5.74) is 3.31. The standard InChI is InChI=1S/C11H19N/c1-8(2)9-3-4-10-6-12-7-11(10)5-9/h10-12H,3-7H2,1-2H3. The smallest absolute Gasteiger partial charge is 0.00142 e. The van der Waals surface area contributed by atoms with Crippen molar-refractivity contribution in [3.8, 4) is 0 Å². The summed E-state index contributed by atoms with van der Waals surface area (Å²) in [4.78, 5) is 0. The van der Waals surface area contributed by atoms with Gasteiger partial charge in [-0.25, -0.2) is 0 Å². The van der Waals surface area contributed by atoms with Gasteiger partial charge in [-0.2, -0.15) is 0 Å². The van der Waals surface area contributed by atoms with Crippen LogP contribution in [0.5, 0.6) is 0 Å². The predicted octanol–water partition coefficient (Wildman–Crippen LogP) is 2.34. The fourth-order valence-corrected chi connectivity index (χ4v) is 2.60. The lowest BCUT2D eigenvalue weighted by atomic mass is 9.78. The van der Waals surface area contributed by atoms with Crippen molar-refractivity contribution in [1.82, 2.24) is 5.32 Å². The highest BCUT2D eigenvalue weighted by Gasteiger charge is 2.31. The van der Waals surface area contributed by atoms with Crippen molar-refractivity contribution >= 4 is 0 Å². The summed E-state index contributed by atoms with van der Waals surface area (Å²) in [7, 11) is 0. The van der Waals surface area contributed by atoms with E-state index in [1.807, 2.05) is 0 Å². The molecule has 12 heavy (non-hydrogen) atoms. The van der Waals surface area contributed by atoms with Crippen LogP contribution >= 0.6 is 0 Å². The molecule has 1 nitrogen and oxygen atoms in total. The molecule has 2 aliphatic rings. The summed E-state index contributed by atoms with van der Waals surface area (Å²) in [6.07, 6.45) is 4.17. The van der Waals surface area contributed by atoms with Gasteiger partial charge in [-0.05, 0) is 58.0 Å². The Bertz CT molecular complexity index is 201. The molecule has 1 heteroatoms. The van der Waals surface area contributed by atoms with Gasteiger partial charge in [0, 0.05) is 0 Å². The van der Waals surface area contributed by atoms with Crippen LogP contribution in [0.15, 0.2) is 11.1 Å². The molecule has 0 aromatic carbocycles. The van der Waals surface area contributed by atoms with Gasteiger partial charge in [0.05, 0.1) is 0 Å². The number of nitrogens with one attached hydrogen (secondary N) is 1. The van der Waals surface area contributed by atoms with Gasteiger partial charge in [0.15, 0.2) is 0 Å². The molecule has 1 aliphatic heterocycles. The second-order valence-corrected chi connectivity index (χ2v) is 4.52. The zero-order valence-electron chi connectivity index (χ0n) is 8.19. The predicted molar refractivity (Wildman–Crippen MR) is 52.1 cm³/mol.